The van der Waals surface area contributed by atoms with Gasteiger partial charge in [0.05, 0.1) is 0 Å². The lowest BCUT2D eigenvalue weighted by Gasteiger charge is -2.37. The molecule has 1 aromatic heterocycles. The summed E-state index contributed by atoms with van der Waals surface area (Å²) in [5.74, 6) is -0.424. The first kappa shape index (κ1) is 23.8. The first-order valence-corrected chi connectivity index (χ1v) is 12.3. The van der Waals surface area contributed by atoms with E-state index in [9.17, 15) is 9.59 Å². The maximum atomic E-state index is 12.5. The molecule has 8 nitrogen and oxygen atoms in total. The monoisotopic (exact) mass is 478 g/mol. The summed E-state index contributed by atoms with van der Waals surface area (Å²) < 4.78 is 0. The van der Waals surface area contributed by atoms with Crippen LogP contribution < -0.4 is 15.5 Å². The Morgan fingerprint density at radius 2 is 1.68 bits per heavy atom. The van der Waals surface area contributed by atoms with Gasteiger partial charge >= 0.3 is 0 Å². The van der Waals surface area contributed by atoms with E-state index in [0.717, 1.165) is 37.7 Å². The highest BCUT2D eigenvalue weighted by atomic mass is 32.1. The molecule has 1 aliphatic heterocycles. The Balaban J connectivity index is 1.20. The van der Waals surface area contributed by atoms with E-state index in [1.54, 1.807) is 31.2 Å². The molecule has 2 N–H and O–H groups in total. The molecule has 2 aromatic carbocycles. The second-order valence-corrected chi connectivity index (χ2v) is 9.64. The van der Waals surface area contributed by atoms with Gasteiger partial charge in [0.2, 0.25) is 5.01 Å². The summed E-state index contributed by atoms with van der Waals surface area (Å²) in [4.78, 5) is 29.5. The van der Waals surface area contributed by atoms with Crippen LogP contribution in [0.3, 0.4) is 0 Å². The number of aryl methyl sites for hydroxylation is 2. The molecule has 2 amide bonds. The van der Waals surface area contributed by atoms with Crippen molar-refractivity contribution >= 4 is 34.5 Å². The zero-order valence-corrected chi connectivity index (χ0v) is 20.6. The van der Waals surface area contributed by atoms with E-state index in [2.05, 4.69) is 62.7 Å². The molecule has 0 unspecified atom stereocenters. The lowest BCUT2D eigenvalue weighted by Crippen LogP contribution is -2.48. The van der Waals surface area contributed by atoms with Crippen LogP contribution >= 0.6 is 11.3 Å². The van der Waals surface area contributed by atoms with Gasteiger partial charge in [0.25, 0.3) is 11.8 Å². The maximum absolute atomic E-state index is 12.5. The largest absolute Gasteiger partial charge is 0.369 e. The summed E-state index contributed by atoms with van der Waals surface area (Å²) in [6, 6.07) is 13.3. The molecule has 0 aliphatic carbocycles. The van der Waals surface area contributed by atoms with Crippen molar-refractivity contribution in [1.29, 1.82) is 0 Å². The number of anilines is 2. The van der Waals surface area contributed by atoms with Gasteiger partial charge < -0.3 is 15.5 Å². The third kappa shape index (κ3) is 5.78. The minimum Gasteiger partial charge on any atom is -0.369 e. The number of benzene rings is 2. The second-order valence-electron chi connectivity index (χ2n) is 8.46. The number of hydrogen-bond acceptors (Lipinski definition) is 7. The molecule has 1 fully saturated rings. The molecule has 9 heteroatoms. The SMILES string of the molecule is Cc1nnc(C(=O)Nc2ccc(C(=O)NCCN3CCN(c4cccc(C)c4C)CC3)cc2)s1. The molecule has 0 atom stereocenters. The fourth-order valence-electron chi connectivity index (χ4n) is 4.00. The molecule has 0 spiro atoms. The molecule has 2 heterocycles. The molecule has 0 saturated carbocycles. The number of nitrogens with zero attached hydrogens (tertiary/aromatic N) is 4. The van der Waals surface area contributed by atoms with Gasteiger partial charge in [0, 0.05) is 56.2 Å². The Bertz CT molecular complexity index is 1150. The Labute approximate surface area is 204 Å². The average molecular weight is 479 g/mol. The Morgan fingerprint density at radius 1 is 0.941 bits per heavy atom. The fourth-order valence-corrected chi connectivity index (χ4v) is 4.58. The van der Waals surface area contributed by atoms with Crippen molar-refractivity contribution < 1.29 is 9.59 Å². The van der Waals surface area contributed by atoms with Crippen LogP contribution in [0.15, 0.2) is 42.5 Å². The first-order chi connectivity index (χ1) is 16.4. The van der Waals surface area contributed by atoms with Crippen LogP contribution in [0.25, 0.3) is 0 Å². The van der Waals surface area contributed by atoms with Crippen molar-refractivity contribution in [2.24, 2.45) is 0 Å². The standard InChI is InChI=1S/C25H30N6O2S/c1-17-5-4-6-22(18(17)2)31-15-13-30(14-16-31)12-11-26-23(32)20-7-9-21(10-8-20)27-24(33)25-29-28-19(3)34-25/h4-10H,11-16H2,1-3H3,(H,26,32)(H,27,33). The van der Waals surface area contributed by atoms with Crippen molar-refractivity contribution in [3.05, 3.63) is 69.2 Å². The quantitative estimate of drug-likeness (QED) is 0.542. The van der Waals surface area contributed by atoms with Gasteiger partial charge in [-0.25, -0.2) is 0 Å². The maximum Gasteiger partial charge on any atom is 0.286 e. The number of piperazine rings is 1. The highest BCUT2D eigenvalue weighted by Gasteiger charge is 2.19. The number of rotatable bonds is 7. The third-order valence-corrected chi connectivity index (χ3v) is 6.97. The predicted molar refractivity (Wildman–Crippen MR) is 136 cm³/mol. The molecule has 0 radical (unpaired) electrons. The number of amides is 2. The second kappa shape index (κ2) is 10.8. The molecule has 4 rings (SSSR count). The molecule has 0 bridgehead atoms. The van der Waals surface area contributed by atoms with Crippen molar-refractivity contribution in [3.63, 3.8) is 0 Å². The van der Waals surface area contributed by atoms with Gasteiger partial charge in [-0.3, -0.25) is 14.5 Å². The minimum atomic E-state index is -0.305. The summed E-state index contributed by atoms with van der Waals surface area (Å²) in [5, 5.41) is 14.5. The summed E-state index contributed by atoms with van der Waals surface area (Å²) in [5.41, 5.74) is 5.17. The zero-order valence-electron chi connectivity index (χ0n) is 19.8. The molecular weight excluding hydrogens is 448 g/mol. The van der Waals surface area contributed by atoms with E-state index < -0.39 is 0 Å². The Kier molecular flexibility index (Phi) is 7.54. The van der Waals surface area contributed by atoms with Crippen molar-refractivity contribution in [1.82, 2.24) is 20.4 Å². The topological polar surface area (TPSA) is 90.5 Å². The summed E-state index contributed by atoms with van der Waals surface area (Å²) in [6.07, 6.45) is 0. The van der Waals surface area contributed by atoms with Gasteiger partial charge in [0.1, 0.15) is 5.01 Å². The van der Waals surface area contributed by atoms with Gasteiger partial charge in [0.15, 0.2) is 0 Å². The van der Waals surface area contributed by atoms with Gasteiger partial charge in [-0.1, -0.05) is 23.5 Å². The van der Waals surface area contributed by atoms with E-state index in [-0.39, 0.29) is 11.8 Å². The van der Waals surface area contributed by atoms with Crippen LogP contribution in [0.4, 0.5) is 11.4 Å². The van der Waals surface area contributed by atoms with Crippen LogP contribution in [0.2, 0.25) is 0 Å². The normalized spacial score (nSPS) is 14.1. The lowest BCUT2D eigenvalue weighted by atomic mass is 10.1. The molecule has 3 aromatic rings. The molecule has 1 saturated heterocycles. The fraction of sp³-hybridized carbons (Fsp3) is 0.360. The van der Waals surface area contributed by atoms with Gasteiger partial charge in [-0.15, -0.1) is 10.2 Å². The van der Waals surface area contributed by atoms with Crippen LogP contribution in [0.1, 0.15) is 36.3 Å². The lowest BCUT2D eigenvalue weighted by molar-refractivity contribution is 0.0947. The zero-order chi connectivity index (χ0) is 24.1. The summed E-state index contributed by atoms with van der Waals surface area (Å²) in [7, 11) is 0. The smallest absolute Gasteiger partial charge is 0.286 e. The van der Waals surface area contributed by atoms with Crippen molar-refractivity contribution in [3.8, 4) is 0 Å². The first-order valence-electron chi connectivity index (χ1n) is 11.4. The highest BCUT2D eigenvalue weighted by molar-refractivity contribution is 7.13. The van der Waals surface area contributed by atoms with Crippen molar-refractivity contribution in [2.75, 3.05) is 49.5 Å². The van der Waals surface area contributed by atoms with E-state index >= 15 is 0 Å². The van der Waals surface area contributed by atoms with E-state index in [1.807, 2.05) is 0 Å². The van der Waals surface area contributed by atoms with Crippen LogP contribution in [-0.2, 0) is 0 Å². The highest BCUT2D eigenvalue weighted by Crippen LogP contribution is 2.23. The van der Waals surface area contributed by atoms with Crippen LogP contribution in [0.5, 0.6) is 0 Å². The number of hydrogen-bond donors (Lipinski definition) is 2. The molecule has 178 valence electrons. The van der Waals surface area contributed by atoms with Crippen molar-refractivity contribution in [2.45, 2.75) is 20.8 Å². The van der Waals surface area contributed by atoms with E-state index in [0.29, 0.717) is 22.8 Å². The third-order valence-electron chi connectivity index (χ3n) is 6.13. The Morgan fingerprint density at radius 3 is 2.35 bits per heavy atom. The molecule has 34 heavy (non-hydrogen) atoms. The average Bonchev–Trinajstić information content (AvgIpc) is 3.28. The summed E-state index contributed by atoms with van der Waals surface area (Å²) >= 11 is 1.24. The van der Waals surface area contributed by atoms with E-state index in [4.69, 9.17) is 0 Å². The number of aromatic nitrogens is 2. The minimum absolute atomic E-state index is 0.119. The van der Waals surface area contributed by atoms with Gasteiger partial charge in [-0.05, 0) is 62.2 Å². The van der Waals surface area contributed by atoms with E-state index in [1.165, 1.54) is 28.2 Å². The van der Waals surface area contributed by atoms with Gasteiger partial charge in [-0.2, -0.15) is 0 Å². The summed E-state index contributed by atoms with van der Waals surface area (Å²) in [6.45, 7) is 11.5. The molecule has 1 aliphatic rings. The number of carbonyl (C=O) groups excluding carboxylic acids is 2. The number of carbonyl (C=O) groups is 2. The predicted octanol–water partition coefficient (Wildman–Crippen LogP) is 3.27. The molecular formula is C25H30N6O2S. The van der Waals surface area contributed by atoms with Crippen LogP contribution in [0, 0.1) is 20.8 Å². The Hall–Kier alpha value is -3.30. The van der Waals surface area contributed by atoms with Crippen LogP contribution in [-0.4, -0.2) is 66.2 Å². The number of nitrogens with one attached hydrogen (secondary N) is 2.